The quantitative estimate of drug-likeness (QED) is 0.0421. The largest absolute Gasteiger partial charge is 0.394 e. The Balaban J connectivity index is 3.56. The van der Waals surface area contributed by atoms with Crippen molar-refractivity contribution >= 4 is 5.91 Å². The normalized spacial score (nSPS) is 13.5. The minimum Gasteiger partial charge on any atom is -0.394 e. The molecule has 0 saturated carbocycles. The Kier molecular flexibility index (Phi) is 53.8. The molecule has 0 fully saturated rings. The SMILES string of the molecule is CC/C=C\C/C=C\C/C=C\C/C=C\C/C=C\C/C=C\CCCCCCCCCCC(=O)NC(CO)C(O)/C=C/CCCCCCCCCCCCCCCCCCCCCCCCCC. The number of hydrogen-bond acceptors (Lipinski definition) is 3. The molecule has 0 aliphatic rings. The maximum absolute atomic E-state index is 12.5. The zero-order valence-corrected chi connectivity index (χ0v) is 43.2. The number of unbranched alkanes of at least 4 members (excludes halogenated alkanes) is 32. The number of aliphatic hydroxyl groups is 2. The Bertz CT molecular complexity index is 1160. The van der Waals surface area contributed by atoms with Crippen molar-refractivity contribution < 1.29 is 15.0 Å². The van der Waals surface area contributed by atoms with Gasteiger partial charge in [-0.15, -0.1) is 0 Å². The maximum atomic E-state index is 12.5. The van der Waals surface area contributed by atoms with Crippen LogP contribution in [0.4, 0.5) is 0 Å². The summed E-state index contributed by atoms with van der Waals surface area (Å²) in [5, 5.41) is 23.2. The Morgan fingerprint density at radius 3 is 1.02 bits per heavy atom. The van der Waals surface area contributed by atoms with E-state index in [0.717, 1.165) is 70.6 Å². The second-order valence-electron chi connectivity index (χ2n) is 19.0. The third-order valence-electron chi connectivity index (χ3n) is 12.6. The first-order valence-electron chi connectivity index (χ1n) is 28.3. The molecule has 0 aromatic rings. The van der Waals surface area contributed by atoms with E-state index in [2.05, 4.69) is 92.1 Å². The standard InChI is InChI=1S/C61H109NO3/c1-3-5-7-9-11-13-15-17-19-21-23-25-27-29-31-33-35-37-39-41-43-45-47-49-51-53-55-57-61(65)62-59(58-63)60(64)56-54-52-50-48-46-44-42-40-38-36-34-32-30-28-26-24-22-20-18-16-14-12-10-8-6-4-2/h5,7,11,13,17,19,23,25,29,31,35,37,54,56,59-60,63-64H,3-4,6,8-10,12,14-16,18,20-22,24,26-28,30,32-34,36,38-53,55,57-58H2,1-2H3,(H,62,65)/b7-5-,13-11-,19-17-,25-23-,31-29-,37-35-,56-54+. The molecule has 1 amide bonds. The predicted molar refractivity (Wildman–Crippen MR) is 290 cm³/mol. The van der Waals surface area contributed by atoms with E-state index in [1.807, 2.05) is 6.08 Å². The van der Waals surface area contributed by atoms with Crippen LogP contribution in [0.15, 0.2) is 85.1 Å². The van der Waals surface area contributed by atoms with Gasteiger partial charge >= 0.3 is 0 Å². The lowest BCUT2D eigenvalue weighted by molar-refractivity contribution is -0.123. The number of carbonyl (C=O) groups excluding carboxylic acids is 1. The van der Waals surface area contributed by atoms with E-state index in [1.54, 1.807) is 6.08 Å². The molecule has 376 valence electrons. The molecule has 0 aliphatic carbocycles. The van der Waals surface area contributed by atoms with Crippen molar-refractivity contribution in [3.63, 3.8) is 0 Å². The number of nitrogens with one attached hydrogen (secondary N) is 1. The van der Waals surface area contributed by atoms with E-state index < -0.39 is 12.1 Å². The van der Waals surface area contributed by atoms with Gasteiger partial charge in [0.25, 0.3) is 0 Å². The zero-order chi connectivity index (χ0) is 47.0. The number of carbonyl (C=O) groups is 1. The van der Waals surface area contributed by atoms with E-state index in [-0.39, 0.29) is 12.5 Å². The Hall–Kier alpha value is -2.43. The fourth-order valence-corrected chi connectivity index (χ4v) is 8.36. The van der Waals surface area contributed by atoms with Crippen LogP contribution in [0.1, 0.15) is 277 Å². The number of allylic oxidation sites excluding steroid dienone is 13. The third-order valence-corrected chi connectivity index (χ3v) is 12.6. The summed E-state index contributed by atoms with van der Waals surface area (Å²) < 4.78 is 0. The minimum absolute atomic E-state index is 0.0732. The number of aliphatic hydroxyl groups excluding tert-OH is 2. The molecule has 0 aromatic carbocycles. The molecule has 0 heterocycles. The van der Waals surface area contributed by atoms with Crippen molar-refractivity contribution in [2.45, 2.75) is 289 Å². The van der Waals surface area contributed by atoms with E-state index >= 15 is 0 Å². The molecule has 4 nitrogen and oxygen atoms in total. The van der Waals surface area contributed by atoms with Crippen molar-refractivity contribution in [1.82, 2.24) is 5.32 Å². The van der Waals surface area contributed by atoms with Crippen molar-refractivity contribution in [3.8, 4) is 0 Å². The van der Waals surface area contributed by atoms with Gasteiger partial charge in [0.05, 0.1) is 18.8 Å². The summed E-state index contributed by atoms with van der Waals surface area (Å²) in [5.74, 6) is -0.0732. The van der Waals surface area contributed by atoms with Crippen molar-refractivity contribution in [2.75, 3.05) is 6.61 Å². The van der Waals surface area contributed by atoms with Crippen LogP contribution in [0, 0.1) is 0 Å². The summed E-state index contributed by atoms with van der Waals surface area (Å²) in [6.07, 6.45) is 81.7. The molecule has 65 heavy (non-hydrogen) atoms. The summed E-state index contributed by atoms with van der Waals surface area (Å²) in [7, 11) is 0. The molecule has 2 atom stereocenters. The molecule has 4 heteroatoms. The molecule has 0 rings (SSSR count). The van der Waals surface area contributed by atoms with Gasteiger partial charge < -0.3 is 15.5 Å². The third kappa shape index (κ3) is 52.4. The summed E-state index contributed by atoms with van der Waals surface area (Å²) in [5.41, 5.74) is 0. The lowest BCUT2D eigenvalue weighted by Gasteiger charge is -2.20. The van der Waals surface area contributed by atoms with E-state index in [4.69, 9.17) is 0 Å². The molecule has 0 bridgehead atoms. The first-order valence-corrected chi connectivity index (χ1v) is 28.3. The van der Waals surface area contributed by atoms with Crippen molar-refractivity contribution in [1.29, 1.82) is 0 Å². The molecule has 0 saturated heterocycles. The first kappa shape index (κ1) is 62.6. The molecule has 0 aromatic heterocycles. The van der Waals surface area contributed by atoms with Crippen LogP contribution in [0.25, 0.3) is 0 Å². The Morgan fingerprint density at radius 1 is 0.385 bits per heavy atom. The molecule has 0 radical (unpaired) electrons. The molecule has 0 spiro atoms. The van der Waals surface area contributed by atoms with Crippen molar-refractivity contribution in [2.24, 2.45) is 0 Å². The first-order chi connectivity index (χ1) is 32.2. The van der Waals surface area contributed by atoms with Crippen LogP contribution in [-0.4, -0.2) is 34.9 Å². The fraction of sp³-hybridized carbons (Fsp3) is 0.754. The summed E-state index contributed by atoms with van der Waals surface area (Å²) in [6, 6.07) is -0.633. The highest BCUT2D eigenvalue weighted by Gasteiger charge is 2.18. The second kappa shape index (κ2) is 55.9. The van der Waals surface area contributed by atoms with Crippen LogP contribution in [0.5, 0.6) is 0 Å². The summed E-state index contributed by atoms with van der Waals surface area (Å²) in [6.45, 7) is 4.21. The van der Waals surface area contributed by atoms with E-state index in [1.165, 1.54) is 186 Å². The zero-order valence-electron chi connectivity index (χ0n) is 43.2. The van der Waals surface area contributed by atoms with Crippen LogP contribution < -0.4 is 5.32 Å². The van der Waals surface area contributed by atoms with Gasteiger partial charge in [0.2, 0.25) is 5.91 Å². The Morgan fingerprint density at radius 2 is 0.677 bits per heavy atom. The molecular formula is C61H109NO3. The van der Waals surface area contributed by atoms with Crippen LogP contribution in [0.2, 0.25) is 0 Å². The molecule has 2 unspecified atom stereocenters. The summed E-state index contributed by atoms with van der Waals surface area (Å²) in [4.78, 5) is 12.5. The monoisotopic (exact) mass is 904 g/mol. The van der Waals surface area contributed by atoms with Gasteiger partial charge in [-0.05, 0) is 70.6 Å². The molecule has 3 N–H and O–H groups in total. The average Bonchev–Trinajstić information content (AvgIpc) is 3.31. The number of hydrogen-bond donors (Lipinski definition) is 3. The average molecular weight is 905 g/mol. The minimum atomic E-state index is -0.849. The highest BCUT2D eigenvalue weighted by atomic mass is 16.3. The van der Waals surface area contributed by atoms with Gasteiger partial charge in [-0.1, -0.05) is 285 Å². The highest BCUT2D eigenvalue weighted by Crippen LogP contribution is 2.17. The van der Waals surface area contributed by atoms with Crippen LogP contribution in [-0.2, 0) is 4.79 Å². The molecule has 0 aliphatic heterocycles. The highest BCUT2D eigenvalue weighted by molar-refractivity contribution is 5.76. The number of rotatable bonds is 51. The van der Waals surface area contributed by atoms with E-state index in [9.17, 15) is 15.0 Å². The van der Waals surface area contributed by atoms with Gasteiger partial charge in [-0.3, -0.25) is 4.79 Å². The predicted octanol–water partition coefficient (Wildman–Crippen LogP) is 18.8. The van der Waals surface area contributed by atoms with Crippen molar-refractivity contribution in [3.05, 3.63) is 85.1 Å². The van der Waals surface area contributed by atoms with Crippen LogP contribution in [0.3, 0.4) is 0 Å². The van der Waals surface area contributed by atoms with Gasteiger partial charge in [-0.25, -0.2) is 0 Å². The maximum Gasteiger partial charge on any atom is 0.220 e. The second-order valence-corrected chi connectivity index (χ2v) is 19.0. The van der Waals surface area contributed by atoms with Gasteiger partial charge in [-0.2, -0.15) is 0 Å². The Labute approximate surface area is 405 Å². The summed E-state index contributed by atoms with van der Waals surface area (Å²) >= 11 is 0. The van der Waals surface area contributed by atoms with Crippen LogP contribution >= 0.6 is 0 Å². The van der Waals surface area contributed by atoms with E-state index in [0.29, 0.717) is 6.42 Å². The van der Waals surface area contributed by atoms with Gasteiger partial charge in [0.1, 0.15) is 0 Å². The lowest BCUT2D eigenvalue weighted by atomic mass is 10.0. The van der Waals surface area contributed by atoms with Gasteiger partial charge in [0, 0.05) is 6.42 Å². The topological polar surface area (TPSA) is 69.6 Å². The smallest absolute Gasteiger partial charge is 0.220 e. The fourth-order valence-electron chi connectivity index (χ4n) is 8.36. The molecular weight excluding hydrogens is 795 g/mol. The van der Waals surface area contributed by atoms with Gasteiger partial charge in [0.15, 0.2) is 0 Å². The number of amides is 1. The lowest BCUT2D eigenvalue weighted by Crippen LogP contribution is -2.45.